The molecule has 4 bridgehead atoms. The quantitative estimate of drug-likeness (QED) is 0.400. The molecule has 6 fully saturated rings. The average Bonchev–Trinajstić information content (AvgIpc) is 2.38. The minimum Gasteiger partial charge on any atom is -0.0996 e. The van der Waals surface area contributed by atoms with Gasteiger partial charge >= 0.3 is 0 Å². The molecule has 0 N–H and O–H groups in total. The van der Waals surface area contributed by atoms with E-state index < -0.39 is 0 Å². The molecule has 0 spiro atoms. The third kappa shape index (κ3) is 2.45. The molecule has 21 heavy (non-hydrogen) atoms. The van der Waals surface area contributed by atoms with E-state index >= 15 is 0 Å². The molecule has 0 aliphatic heterocycles. The van der Waals surface area contributed by atoms with Crippen LogP contribution < -0.4 is 0 Å². The Morgan fingerprint density at radius 2 is 1.10 bits per heavy atom. The summed E-state index contributed by atoms with van der Waals surface area (Å²) in [6.45, 7) is 17.9. The smallest absolute Gasteiger partial charge is 0 e. The molecule has 0 saturated heterocycles. The Morgan fingerprint density at radius 3 is 1.24 bits per heavy atom. The number of hydrogen-bond donors (Lipinski definition) is 0. The van der Waals surface area contributed by atoms with E-state index in [4.69, 9.17) is 0 Å². The fourth-order valence-electron chi connectivity index (χ4n) is 5.47. The lowest BCUT2D eigenvalue weighted by atomic mass is 9.47. The van der Waals surface area contributed by atoms with E-state index in [2.05, 4.69) is 40.9 Å². The molecule has 3 radical (unpaired) electrons. The van der Waals surface area contributed by atoms with Crippen molar-refractivity contribution in [2.45, 2.75) is 66.2 Å². The van der Waals surface area contributed by atoms with Crippen LogP contribution in [0.25, 0.3) is 0 Å². The van der Waals surface area contributed by atoms with Crippen molar-refractivity contribution in [2.24, 2.45) is 34.5 Å². The van der Waals surface area contributed by atoms with Crippen LogP contribution in [0.5, 0.6) is 0 Å². The zero-order valence-electron chi connectivity index (χ0n) is 14.5. The Balaban J connectivity index is 0.000000147. The van der Waals surface area contributed by atoms with Crippen molar-refractivity contribution in [3.63, 3.8) is 0 Å². The monoisotopic (exact) mass is 283 g/mol. The van der Waals surface area contributed by atoms with Crippen LogP contribution >= 0.6 is 0 Å². The van der Waals surface area contributed by atoms with Gasteiger partial charge in [-0.05, 0) is 73.0 Å². The van der Waals surface area contributed by atoms with Crippen LogP contribution in [0.15, 0.2) is 24.3 Å². The molecular formula is C20H32B. The number of hydrogen-bond acceptors (Lipinski definition) is 0. The predicted octanol–water partition coefficient (Wildman–Crippen LogP) is 5.62. The Bertz CT molecular complexity index is 397. The lowest BCUT2D eigenvalue weighted by Crippen LogP contribution is -2.48. The van der Waals surface area contributed by atoms with Gasteiger partial charge in [-0.1, -0.05) is 52.0 Å². The summed E-state index contributed by atoms with van der Waals surface area (Å²) >= 11 is 0. The van der Waals surface area contributed by atoms with E-state index in [9.17, 15) is 0 Å². The van der Waals surface area contributed by atoms with Gasteiger partial charge in [0.25, 0.3) is 0 Å². The van der Waals surface area contributed by atoms with Crippen LogP contribution in [0.4, 0.5) is 0 Å². The van der Waals surface area contributed by atoms with E-state index in [1.165, 1.54) is 49.7 Å². The first-order valence-corrected chi connectivity index (χ1v) is 8.60. The van der Waals surface area contributed by atoms with Crippen LogP contribution in [0, 0.1) is 34.5 Å². The summed E-state index contributed by atoms with van der Waals surface area (Å²) < 4.78 is 0. The van der Waals surface area contributed by atoms with Crippen LogP contribution in [-0.4, -0.2) is 8.41 Å². The first-order chi connectivity index (χ1) is 9.24. The fraction of sp³-hybridized carbons (Fsp3) is 0.800. The fourth-order valence-corrected chi connectivity index (χ4v) is 5.47. The molecule has 3 unspecified atom stereocenters. The predicted molar refractivity (Wildman–Crippen MR) is 93.3 cm³/mol. The molecule has 0 nitrogen and oxygen atoms in total. The van der Waals surface area contributed by atoms with Gasteiger partial charge in [-0.25, -0.2) is 0 Å². The van der Waals surface area contributed by atoms with Crippen molar-refractivity contribution in [1.82, 2.24) is 0 Å². The zero-order valence-corrected chi connectivity index (χ0v) is 14.5. The summed E-state index contributed by atoms with van der Waals surface area (Å²) in [6, 6.07) is 0. The highest BCUT2D eigenvalue weighted by molar-refractivity contribution is 5.75. The number of fused-ring (bicyclic) bond motifs is 4. The van der Waals surface area contributed by atoms with Gasteiger partial charge in [0.1, 0.15) is 0 Å². The maximum Gasteiger partial charge on any atom is 0 e. The molecule has 0 aromatic heterocycles. The second-order valence-electron chi connectivity index (χ2n) is 9.01. The Morgan fingerprint density at radius 1 is 0.762 bits per heavy atom. The van der Waals surface area contributed by atoms with Crippen molar-refractivity contribution in [3.05, 3.63) is 24.3 Å². The maximum atomic E-state index is 4.13. The molecule has 1 heteroatoms. The van der Waals surface area contributed by atoms with Crippen LogP contribution in [0.1, 0.15) is 66.2 Å². The lowest BCUT2D eigenvalue weighted by Gasteiger charge is -2.57. The summed E-state index contributed by atoms with van der Waals surface area (Å²) in [6.07, 6.45) is 8.29. The second-order valence-corrected chi connectivity index (χ2v) is 9.01. The van der Waals surface area contributed by atoms with E-state index in [1.807, 2.05) is 0 Å². The van der Waals surface area contributed by atoms with Gasteiger partial charge in [0.15, 0.2) is 0 Å². The summed E-state index contributed by atoms with van der Waals surface area (Å²) in [5.74, 6) is 3.77. The van der Waals surface area contributed by atoms with Gasteiger partial charge in [-0.15, -0.1) is 0 Å². The molecule has 6 rings (SSSR count). The van der Waals surface area contributed by atoms with Crippen molar-refractivity contribution < 1.29 is 0 Å². The highest BCUT2D eigenvalue weighted by atomic mass is 14.6. The standard InChI is InChI=1S/2C10H16.B/c2*1-7-4-5-8-6-9(7)10(8,2)3;/h2*8-9H,1,4-6H2,2-3H3;/t8?,9-;;/m0../s1. The molecule has 6 aliphatic rings. The van der Waals surface area contributed by atoms with E-state index in [0.717, 1.165) is 23.7 Å². The van der Waals surface area contributed by atoms with Crippen molar-refractivity contribution >= 4 is 8.41 Å². The average molecular weight is 283 g/mol. The van der Waals surface area contributed by atoms with Crippen LogP contribution in [-0.2, 0) is 0 Å². The van der Waals surface area contributed by atoms with E-state index in [0.29, 0.717) is 10.8 Å². The minimum atomic E-state index is 0. The molecule has 0 aromatic carbocycles. The summed E-state index contributed by atoms with van der Waals surface area (Å²) in [5, 5.41) is 0. The summed E-state index contributed by atoms with van der Waals surface area (Å²) in [4.78, 5) is 0. The van der Waals surface area contributed by atoms with E-state index in [-0.39, 0.29) is 8.41 Å². The lowest BCUT2D eigenvalue weighted by molar-refractivity contribution is -0.0273. The Kier molecular flexibility index (Phi) is 4.28. The second kappa shape index (κ2) is 5.32. The van der Waals surface area contributed by atoms with Gasteiger partial charge in [-0.3, -0.25) is 0 Å². The Labute approximate surface area is 134 Å². The van der Waals surface area contributed by atoms with Crippen LogP contribution in [0.2, 0.25) is 0 Å². The molecular weight excluding hydrogens is 251 g/mol. The number of allylic oxidation sites excluding steroid dienone is 2. The van der Waals surface area contributed by atoms with Gasteiger partial charge in [0.05, 0.1) is 0 Å². The maximum absolute atomic E-state index is 4.13. The van der Waals surface area contributed by atoms with Gasteiger partial charge in [0, 0.05) is 8.41 Å². The van der Waals surface area contributed by atoms with Crippen molar-refractivity contribution in [3.8, 4) is 0 Å². The van der Waals surface area contributed by atoms with E-state index in [1.54, 1.807) is 0 Å². The minimum absolute atomic E-state index is 0. The highest BCUT2D eigenvalue weighted by Crippen LogP contribution is 2.61. The topological polar surface area (TPSA) is 0 Å². The molecule has 6 saturated carbocycles. The first kappa shape index (κ1) is 16.9. The molecule has 0 aromatic rings. The molecule has 0 amide bonds. The number of rotatable bonds is 0. The molecule has 4 atom stereocenters. The third-order valence-corrected chi connectivity index (χ3v) is 7.55. The molecule has 0 heterocycles. The van der Waals surface area contributed by atoms with Crippen molar-refractivity contribution in [2.75, 3.05) is 0 Å². The normalized spacial score (nSPS) is 40.8. The first-order valence-electron chi connectivity index (χ1n) is 8.60. The largest absolute Gasteiger partial charge is 0.0996 e. The summed E-state index contributed by atoms with van der Waals surface area (Å²) in [7, 11) is 0. The Hall–Kier alpha value is -0.455. The zero-order chi connectivity index (χ0) is 14.7. The van der Waals surface area contributed by atoms with Crippen molar-refractivity contribution in [1.29, 1.82) is 0 Å². The summed E-state index contributed by atoms with van der Waals surface area (Å²) in [5.41, 5.74) is 4.25. The SMILES string of the molecule is C=C1CCC2CC1C2(C)C.C=C1CCC2C[C@@H]1C2(C)C.[B]. The van der Waals surface area contributed by atoms with Crippen LogP contribution in [0.3, 0.4) is 0 Å². The third-order valence-electron chi connectivity index (χ3n) is 7.55. The highest BCUT2D eigenvalue weighted by Gasteiger charge is 2.52. The van der Waals surface area contributed by atoms with Gasteiger partial charge in [-0.2, -0.15) is 0 Å². The molecule has 115 valence electrons. The molecule has 6 aliphatic carbocycles. The van der Waals surface area contributed by atoms with Gasteiger partial charge in [0.2, 0.25) is 0 Å². The van der Waals surface area contributed by atoms with Gasteiger partial charge < -0.3 is 0 Å².